The molecule has 0 aliphatic carbocycles. The molecule has 0 bridgehead atoms. The van der Waals surface area contributed by atoms with Gasteiger partial charge in [-0.3, -0.25) is 9.59 Å². The monoisotopic (exact) mass is 257 g/mol. The van der Waals surface area contributed by atoms with Crippen LogP contribution >= 0.6 is 0 Å². The lowest BCUT2D eigenvalue weighted by Crippen LogP contribution is -2.43. The van der Waals surface area contributed by atoms with Crippen molar-refractivity contribution < 1.29 is 19.4 Å². The van der Waals surface area contributed by atoms with Crippen LogP contribution < -0.4 is 0 Å². The molecule has 1 fully saturated rings. The molecule has 1 saturated heterocycles. The second kappa shape index (κ2) is 8.08. The van der Waals surface area contributed by atoms with Crippen molar-refractivity contribution in [3.63, 3.8) is 0 Å². The standard InChI is InChI=1S/C13H23NO4/c1-2-9-18-11-5-4-8-14(10-11)12(15)6-3-7-13(16)17/h11H,2-10H2,1H3,(H,16,17). The summed E-state index contributed by atoms with van der Waals surface area (Å²) in [5.41, 5.74) is 0. The predicted molar refractivity (Wildman–Crippen MR) is 67.3 cm³/mol. The molecule has 1 rings (SSSR count). The van der Waals surface area contributed by atoms with Crippen molar-refractivity contribution in [2.75, 3.05) is 19.7 Å². The Kier molecular flexibility index (Phi) is 6.72. The van der Waals surface area contributed by atoms with Crippen molar-refractivity contribution in [2.24, 2.45) is 0 Å². The number of hydrogen-bond acceptors (Lipinski definition) is 3. The minimum atomic E-state index is -0.842. The highest BCUT2D eigenvalue weighted by Gasteiger charge is 2.23. The molecule has 104 valence electrons. The normalized spacial score (nSPS) is 19.8. The van der Waals surface area contributed by atoms with Crippen molar-refractivity contribution in [3.05, 3.63) is 0 Å². The van der Waals surface area contributed by atoms with Gasteiger partial charge in [-0.05, 0) is 25.7 Å². The Balaban J connectivity index is 2.27. The molecule has 0 saturated carbocycles. The summed E-state index contributed by atoms with van der Waals surface area (Å²) in [4.78, 5) is 24.1. The summed E-state index contributed by atoms with van der Waals surface area (Å²) in [5, 5.41) is 8.53. The average molecular weight is 257 g/mol. The van der Waals surface area contributed by atoms with E-state index in [0.717, 1.165) is 32.4 Å². The van der Waals surface area contributed by atoms with Crippen LogP contribution in [0.3, 0.4) is 0 Å². The van der Waals surface area contributed by atoms with E-state index in [4.69, 9.17) is 9.84 Å². The van der Waals surface area contributed by atoms with E-state index < -0.39 is 5.97 Å². The lowest BCUT2D eigenvalue weighted by Gasteiger charge is -2.32. The molecule has 1 unspecified atom stereocenters. The zero-order valence-electron chi connectivity index (χ0n) is 11.1. The number of carbonyl (C=O) groups is 2. The molecule has 0 aromatic carbocycles. The molecule has 5 nitrogen and oxygen atoms in total. The number of likely N-dealkylation sites (tertiary alicyclic amines) is 1. The quantitative estimate of drug-likeness (QED) is 0.753. The van der Waals surface area contributed by atoms with E-state index in [1.54, 1.807) is 0 Å². The van der Waals surface area contributed by atoms with Crippen molar-refractivity contribution >= 4 is 11.9 Å². The number of carboxylic acids is 1. The summed E-state index contributed by atoms with van der Waals surface area (Å²) >= 11 is 0. The first-order valence-electron chi connectivity index (χ1n) is 6.74. The van der Waals surface area contributed by atoms with Gasteiger partial charge < -0.3 is 14.7 Å². The van der Waals surface area contributed by atoms with E-state index in [-0.39, 0.29) is 18.4 Å². The van der Waals surface area contributed by atoms with Crippen LogP contribution in [-0.4, -0.2) is 47.7 Å². The van der Waals surface area contributed by atoms with Crippen LogP contribution in [0.4, 0.5) is 0 Å². The van der Waals surface area contributed by atoms with Crippen LogP contribution in [0.2, 0.25) is 0 Å². The molecule has 0 radical (unpaired) electrons. The fraction of sp³-hybridized carbons (Fsp3) is 0.846. The van der Waals surface area contributed by atoms with Gasteiger partial charge in [0.05, 0.1) is 6.10 Å². The number of ether oxygens (including phenoxy) is 1. The van der Waals surface area contributed by atoms with E-state index in [2.05, 4.69) is 6.92 Å². The van der Waals surface area contributed by atoms with E-state index in [0.29, 0.717) is 19.4 Å². The molecular formula is C13H23NO4. The average Bonchev–Trinajstić information content (AvgIpc) is 2.36. The van der Waals surface area contributed by atoms with E-state index in [9.17, 15) is 9.59 Å². The van der Waals surface area contributed by atoms with Crippen molar-refractivity contribution in [1.29, 1.82) is 0 Å². The smallest absolute Gasteiger partial charge is 0.303 e. The minimum Gasteiger partial charge on any atom is -0.481 e. The van der Waals surface area contributed by atoms with Gasteiger partial charge in [0.15, 0.2) is 0 Å². The molecule has 0 aromatic rings. The summed E-state index contributed by atoms with van der Waals surface area (Å²) in [6.45, 7) is 4.24. The van der Waals surface area contributed by atoms with Gasteiger partial charge in [-0.1, -0.05) is 6.92 Å². The topological polar surface area (TPSA) is 66.8 Å². The maximum absolute atomic E-state index is 11.9. The SMILES string of the molecule is CCCOC1CCCN(C(=O)CCCC(=O)O)C1. The highest BCUT2D eigenvalue weighted by molar-refractivity contribution is 5.77. The maximum atomic E-state index is 11.9. The highest BCUT2D eigenvalue weighted by Crippen LogP contribution is 2.15. The summed E-state index contributed by atoms with van der Waals surface area (Å²) in [5.74, 6) is -0.786. The van der Waals surface area contributed by atoms with Crippen molar-refractivity contribution in [3.8, 4) is 0 Å². The van der Waals surface area contributed by atoms with Crippen LogP contribution in [0.15, 0.2) is 0 Å². The molecule has 0 aromatic heterocycles. The van der Waals surface area contributed by atoms with Gasteiger partial charge in [-0.25, -0.2) is 0 Å². The summed E-state index contributed by atoms with van der Waals surface area (Å²) in [6.07, 6.45) is 3.94. The highest BCUT2D eigenvalue weighted by atomic mass is 16.5. The van der Waals surface area contributed by atoms with Gasteiger partial charge in [0.2, 0.25) is 5.91 Å². The lowest BCUT2D eigenvalue weighted by molar-refractivity contribution is -0.138. The number of rotatable bonds is 7. The Bertz CT molecular complexity index is 280. The largest absolute Gasteiger partial charge is 0.481 e. The number of carboxylic acid groups (broad SMARTS) is 1. The van der Waals surface area contributed by atoms with Crippen LogP contribution in [0.5, 0.6) is 0 Å². The number of hydrogen-bond donors (Lipinski definition) is 1. The van der Waals surface area contributed by atoms with Gasteiger partial charge >= 0.3 is 5.97 Å². The van der Waals surface area contributed by atoms with E-state index in [1.807, 2.05) is 4.90 Å². The fourth-order valence-corrected chi connectivity index (χ4v) is 2.13. The van der Waals surface area contributed by atoms with E-state index >= 15 is 0 Å². The Morgan fingerprint density at radius 2 is 2.17 bits per heavy atom. The first kappa shape index (κ1) is 15.0. The second-order valence-electron chi connectivity index (χ2n) is 4.72. The minimum absolute atomic E-state index is 0.0565. The number of amides is 1. The van der Waals surface area contributed by atoms with E-state index in [1.165, 1.54) is 0 Å². The predicted octanol–water partition coefficient (Wildman–Crippen LogP) is 1.66. The van der Waals surface area contributed by atoms with Crippen molar-refractivity contribution in [2.45, 2.75) is 51.6 Å². The molecule has 0 spiro atoms. The third-order valence-electron chi connectivity index (χ3n) is 3.07. The van der Waals surface area contributed by atoms with Crippen LogP contribution in [-0.2, 0) is 14.3 Å². The molecule has 18 heavy (non-hydrogen) atoms. The van der Waals surface area contributed by atoms with Crippen LogP contribution in [0.25, 0.3) is 0 Å². The lowest BCUT2D eigenvalue weighted by atomic mass is 10.1. The summed E-state index contributed by atoms with van der Waals surface area (Å²) in [7, 11) is 0. The van der Waals surface area contributed by atoms with Gasteiger partial charge in [-0.2, -0.15) is 0 Å². The Morgan fingerprint density at radius 3 is 2.83 bits per heavy atom. The Hall–Kier alpha value is -1.10. The Labute approximate surface area is 108 Å². The van der Waals surface area contributed by atoms with Gasteiger partial charge in [0.25, 0.3) is 0 Å². The second-order valence-corrected chi connectivity index (χ2v) is 4.72. The van der Waals surface area contributed by atoms with Crippen LogP contribution in [0, 0.1) is 0 Å². The fourth-order valence-electron chi connectivity index (χ4n) is 2.13. The number of piperidine rings is 1. The molecule has 1 N–H and O–H groups in total. The molecule has 1 heterocycles. The van der Waals surface area contributed by atoms with Crippen molar-refractivity contribution in [1.82, 2.24) is 4.90 Å². The molecule has 1 amide bonds. The van der Waals surface area contributed by atoms with Crippen LogP contribution in [0.1, 0.15) is 45.4 Å². The Morgan fingerprint density at radius 1 is 1.39 bits per heavy atom. The first-order chi connectivity index (χ1) is 8.63. The van der Waals surface area contributed by atoms with Gasteiger partial charge in [0.1, 0.15) is 0 Å². The number of aliphatic carboxylic acids is 1. The third-order valence-corrected chi connectivity index (χ3v) is 3.07. The molecule has 5 heteroatoms. The van der Waals surface area contributed by atoms with Gasteiger partial charge in [-0.15, -0.1) is 0 Å². The summed E-state index contributed by atoms with van der Waals surface area (Å²) in [6, 6.07) is 0. The molecule has 1 atom stereocenters. The number of carbonyl (C=O) groups excluding carboxylic acids is 1. The number of nitrogens with zero attached hydrogens (tertiary/aromatic N) is 1. The first-order valence-corrected chi connectivity index (χ1v) is 6.74. The maximum Gasteiger partial charge on any atom is 0.303 e. The molecular weight excluding hydrogens is 234 g/mol. The summed E-state index contributed by atoms with van der Waals surface area (Å²) < 4.78 is 5.67. The molecule has 1 aliphatic rings. The van der Waals surface area contributed by atoms with Gasteiger partial charge in [0, 0.05) is 32.5 Å². The zero-order chi connectivity index (χ0) is 13.4. The molecule has 1 aliphatic heterocycles. The third kappa shape index (κ3) is 5.49. The zero-order valence-corrected chi connectivity index (χ0v) is 11.1.